The first-order chi connectivity index (χ1) is 23.0. The van der Waals surface area contributed by atoms with E-state index < -0.39 is 0 Å². The molecule has 4 heteroatoms. The number of unbranched alkanes of at least 4 members (excludes halogenated alkanes) is 4. The van der Waals surface area contributed by atoms with Crippen molar-refractivity contribution in [2.45, 2.75) is 130 Å². The van der Waals surface area contributed by atoms with Gasteiger partial charge in [-0.2, -0.15) is 0 Å². The van der Waals surface area contributed by atoms with Gasteiger partial charge in [-0.15, -0.1) is 0 Å². The second-order valence-electron chi connectivity index (χ2n) is 15.0. The third-order valence-electron chi connectivity index (χ3n) is 10.8. The Bertz CT molecular complexity index is 1370. The summed E-state index contributed by atoms with van der Waals surface area (Å²) in [6.07, 6.45) is 17.9. The highest BCUT2D eigenvalue weighted by atomic mass is 16.3. The fourth-order valence-electron chi connectivity index (χ4n) is 8.04. The third-order valence-corrected chi connectivity index (χ3v) is 10.8. The van der Waals surface area contributed by atoms with Crippen LogP contribution in [-0.4, -0.2) is 23.3 Å². The van der Waals surface area contributed by atoms with Crippen LogP contribution in [0.3, 0.4) is 0 Å². The van der Waals surface area contributed by atoms with Crippen LogP contribution in [0.2, 0.25) is 0 Å². The summed E-state index contributed by atoms with van der Waals surface area (Å²) in [7, 11) is 0. The Morgan fingerprint density at radius 3 is 1.42 bits per heavy atom. The molecule has 4 nitrogen and oxygen atoms in total. The maximum Gasteiger partial charge on any atom is 0.121 e. The largest absolute Gasteiger partial charge is 0.508 e. The van der Waals surface area contributed by atoms with Gasteiger partial charge < -0.3 is 20.8 Å². The van der Waals surface area contributed by atoms with E-state index in [1.54, 1.807) is 0 Å². The van der Waals surface area contributed by atoms with Gasteiger partial charge in [-0.3, -0.25) is 0 Å². The van der Waals surface area contributed by atoms with Gasteiger partial charge in [0, 0.05) is 47.4 Å². The van der Waals surface area contributed by atoms with Crippen LogP contribution in [0.5, 0.6) is 11.5 Å². The number of phenolic OH excluding ortho intramolecular Hbond substituents is 2. The lowest BCUT2D eigenvalue weighted by Gasteiger charge is -2.33. The van der Waals surface area contributed by atoms with Gasteiger partial charge in [0.2, 0.25) is 0 Å². The Kier molecular flexibility index (Phi) is 13.9. The summed E-state index contributed by atoms with van der Waals surface area (Å²) in [5, 5.41) is 30.7. The topological polar surface area (TPSA) is 64.5 Å². The number of aryl methyl sites for hydroxylation is 2. The van der Waals surface area contributed by atoms with Crippen LogP contribution in [0.25, 0.3) is 0 Å². The molecule has 0 bridgehead atoms. The zero-order valence-electron chi connectivity index (χ0n) is 31.0. The smallest absolute Gasteiger partial charge is 0.121 e. The number of allylic oxidation sites excluding steroid dienone is 6. The second-order valence-corrected chi connectivity index (χ2v) is 15.0. The monoisotopic (exact) mass is 652 g/mol. The SMILES string of the molecule is C=C(C)[C@@H]1CCC(C)=C[C@H]1c1c(O)cc(CCCCC)cc1NCCNc1cc(CCCCC)cc(O)c1[C@@H]1C=C(C)CC[C@H]1C(=C)C. The average molecular weight is 653 g/mol. The number of hydrogen-bond acceptors (Lipinski definition) is 4. The van der Waals surface area contributed by atoms with Gasteiger partial charge in [-0.05, 0) is 126 Å². The van der Waals surface area contributed by atoms with Crippen molar-refractivity contribution in [2.24, 2.45) is 11.8 Å². The number of nitrogens with one attached hydrogen (secondary N) is 2. The molecule has 0 saturated carbocycles. The molecule has 0 saturated heterocycles. The van der Waals surface area contributed by atoms with Gasteiger partial charge >= 0.3 is 0 Å². The van der Waals surface area contributed by atoms with Crippen molar-refractivity contribution in [3.05, 3.63) is 94.1 Å². The van der Waals surface area contributed by atoms with Gasteiger partial charge in [-0.25, -0.2) is 0 Å². The van der Waals surface area contributed by atoms with Gasteiger partial charge in [-0.1, -0.05) is 87.1 Å². The molecule has 0 spiro atoms. The molecule has 2 aromatic rings. The van der Waals surface area contributed by atoms with E-state index in [-0.39, 0.29) is 11.8 Å². The lowest BCUT2D eigenvalue weighted by atomic mass is 9.73. The molecule has 4 atom stereocenters. The maximum atomic E-state index is 11.6. The first-order valence-electron chi connectivity index (χ1n) is 18.9. The minimum atomic E-state index is 0.0974. The molecular formula is C44H64N2O2. The highest BCUT2D eigenvalue weighted by molar-refractivity contribution is 5.65. The van der Waals surface area contributed by atoms with E-state index in [9.17, 15) is 10.2 Å². The summed E-state index contributed by atoms with van der Waals surface area (Å²) in [6, 6.07) is 8.55. The Labute approximate surface area is 292 Å². The van der Waals surface area contributed by atoms with Gasteiger partial charge in [0.15, 0.2) is 0 Å². The fourth-order valence-corrected chi connectivity index (χ4v) is 8.04. The lowest BCUT2D eigenvalue weighted by molar-refractivity contribution is 0.436. The molecule has 4 N–H and O–H groups in total. The minimum absolute atomic E-state index is 0.0974. The van der Waals surface area contributed by atoms with Crippen LogP contribution in [0.4, 0.5) is 11.4 Å². The Morgan fingerprint density at radius 1 is 0.667 bits per heavy atom. The number of rotatable bonds is 17. The highest BCUT2D eigenvalue weighted by Gasteiger charge is 2.31. The van der Waals surface area contributed by atoms with Crippen LogP contribution in [0, 0.1) is 11.8 Å². The lowest BCUT2D eigenvalue weighted by Crippen LogP contribution is -2.21. The molecule has 0 radical (unpaired) electrons. The van der Waals surface area contributed by atoms with E-state index in [0.717, 1.165) is 73.9 Å². The zero-order chi connectivity index (χ0) is 34.8. The first kappa shape index (κ1) is 37.4. The first-order valence-corrected chi connectivity index (χ1v) is 18.9. The molecule has 0 amide bonds. The predicted molar refractivity (Wildman–Crippen MR) is 208 cm³/mol. The Balaban J connectivity index is 1.64. The van der Waals surface area contributed by atoms with Gasteiger partial charge in [0.05, 0.1) is 0 Å². The van der Waals surface area contributed by atoms with Crippen molar-refractivity contribution in [1.82, 2.24) is 0 Å². The van der Waals surface area contributed by atoms with Crippen molar-refractivity contribution < 1.29 is 10.2 Å². The van der Waals surface area contributed by atoms with Crippen molar-refractivity contribution in [2.75, 3.05) is 23.7 Å². The quantitative estimate of drug-likeness (QED) is 0.101. The fraction of sp³-hybridized carbons (Fsp3) is 0.545. The van der Waals surface area contributed by atoms with Crippen molar-refractivity contribution >= 4 is 11.4 Å². The predicted octanol–water partition coefficient (Wildman–Crippen LogP) is 12.1. The summed E-state index contributed by atoms with van der Waals surface area (Å²) in [4.78, 5) is 0. The van der Waals surface area contributed by atoms with Crippen LogP contribution in [-0.2, 0) is 12.8 Å². The van der Waals surface area contributed by atoms with E-state index in [0.29, 0.717) is 36.4 Å². The highest BCUT2D eigenvalue weighted by Crippen LogP contribution is 2.48. The Morgan fingerprint density at radius 2 is 1.06 bits per heavy atom. The molecule has 0 fully saturated rings. The van der Waals surface area contributed by atoms with Gasteiger partial charge in [0.25, 0.3) is 0 Å². The molecule has 0 unspecified atom stereocenters. The third kappa shape index (κ3) is 9.61. The van der Waals surface area contributed by atoms with Crippen LogP contribution in [0.15, 0.2) is 71.9 Å². The van der Waals surface area contributed by atoms with E-state index >= 15 is 0 Å². The maximum absolute atomic E-state index is 11.6. The van der Waals surface area contributed by atoms with Crippen molar-refractivity contribution in [3.8, 4) is 11.5 Å². The number of hydrogen-bond donors (Lipinski definition) is 4. The summed E-state index contributed by atoms with van der Waals surface area (Å²) in [5.74, 6) is 1.58. The van der Waals surface area contributed by atoms with Gasteiger partial charge in [0.1, 0.15) is 11.5 Å². The van der Waals surface area contributed by atoms with Crippen molar-refractivity contribution in [1.29, 1.82) is 0 Å². The van der Waals surface area contributed by atoms with E-state index in [4.69, 9.17) is 0 Å². The molecule has 2 aliphatic carbocycles. The molecule has 0 aromatic heterocycles. The molecule has 48 heavy (non-hydrogen) atoms. The molecule has 2 aromatic carbocycles. The average Bonchev–Trinajstić information content (AvgIpc) is 3.02. The standard InChI is InChI=1S/C44H64N2O2/c1-9-11-13-15-33-25-39(43(41(47)27-33)37-23-31(7)17-19-35(37)29(3)4)45-21-22-46-40-26-34(16-14-12-10-2)28-42(48)44(40)38-24-32(8)18-20-36(38)30(5)6/h23-28,35-38,45-48H,3,5,9-22H2,1-2,4,6-8H3/t35-,36-,37+,38+/m0/s1. The molecule has 0 aliphatic heterocycles. The second kappa shape index (κ2) is 17.8. The van der Waals surface area contributed by atoms with E-state index in [1.807, 2.05) is 12.1 Å². The number of benzene rings is 2. The van der Waals surface area contributed by atoms with Crippen LogP contribution in [0.1, 0.15) is 140 Å². The molecular weight excluding hydrogens is 588 g/mol. The number of aromatic hydroxyl groups is 2. The summed E-state index contributed by atoms with van der Waals surface area (Å²) < 4.78 is 0. The number of phenols is 2. The van der Waals surface area contributed by atoms with Crippen LogP contribution >= 0.6 is 0 Å². The number of anilines is 2. The normalized spacial score (nSPS) is 21.0. The summed E-state index contributed by atoms with van der Waals surface area (Å²) in [5.41, 5.74) is 11.5. The van der Waals surface area contributed by atoms with Crippen molar-refractivity contribution in [3.63, 3.8) is 0 Å². The summed E-state index contributed by atoms with van der Waals surface area (Å²) >= 11 is 0. The molecule has 0 heterocycles. The molecule has 262 valence electrons. The summed E-state index contributed by atoms with van der Waals surface area (Å²) in [6.45, 7) is 23.2. The Hall–Kier alpha value is -3.40. The van der Waals surface area contributed by atoms with Crippen LogP contribution < -0.4 is 10.6 Å². The van der Waals surface area contributed by atoms with E-state index in [2.05, 4.69) is 89.6 Å². The minimum Gasteiger partial charge on any atom is -0.508 e. The molecule has 2 aliphatic rings. The molecule has 4 rings (SSSR count). The zero-order valence-corrected chi connectivity index (χ0v) is 31.0. The van der Waals surface area contributed by atoms with E-state index in [1.165, 1.54) is 59.1 Å².